The molecule has 1 fully saturated rings. The molecule has 0 radical (unpaired) electrons. The number of aryl methyl sites for hydroxylation is 1. The third-order valence-electron chi connectivity index (χ3n) is 7.02. The molecule has 4 rings (SSSR count). The summed E-state index contributed by atoms with van der Waals surface area (Å²) < 4.78 is 41.1. The second-order valence-electron chi connectivity index (χ2n) is 10.8. The van der Waals surface area contributed by atoms with Crippen molar-refractivity contribution in [3.05, 3.63) is 65.2 Å². The standard InChI is InChI=1S/C28H32N8O10S2/c1-28(2)18(25(38)36(28)46-48(41,42)43)13-20(37)23(19-15-47-27(30)34-19)35-45-21(26(39)40)14-44-17-8-6-16(7-9-17)24(29)33-10-3-5-22-31-11-4-12-32-22/h4,6-9,11-12,15,18,21H,3,5,10,13-14H2,1-2H3,(H2,29,33)(H2,30,34)(H,39,40)(H,41,42,43)/b35-23-/t18?,21-/m0/s1. The maximum Gasteiger partial charge on any atom is 0.418 e. The molecule has 0 bridgehead atoms. The molecule has 256 valence electrons. The number of nitrogens with two attached hydrogens (primary N) is 2. The number of hydroxylamine groups is 2. The third-order valence-corrected chi connectivity index (χ3v) is 8.03. The van der Waals surface area contributed by atoms with Crippen molar-refractivity contribution in [2.24, 2.45) is 21.8 Å². The molecule has 1 aromatic carbocycles. The summed E-state index contributed by atoms with van der Waals surface area (Å²) in [4.78, 5) is 59.7. The van der Waals surface area contributed by atoms with E-state index in [1.807, 2.05) is 0 Å². The Morgan fingerprint density at radius 3 is 2.46 bits per heavy atom. The van der Waals surface area contributed by atoms with Crippen molar-refractivity contribution in [3.8, 4) is 5.75 Å². The van der Waals surface area contributed by atoms with E-state index in [1.165, 1.54) is 19.2 Å². The van der Waals surface area contributed by atoms with Gasteiger partial charge in [0.1, 0.15) is 29.7 Å². The summed E-state index contributed by atoms with van der Waals surface area (Å²) in [6.45, 7) is 2.79. The largest absolute Gasteiger partial charge is 0.489 e. The predicted molar refractivity (Wildman–Crippen MR) is 170 cm³/mol. The van der Waals surface area contributed by atoms with Gasteiger partial charge in [0.15, 0.2) is 16.6 Å². The zero-order chi connectivity index (χ0) is 35.1. The molecule has 1 aliphatic rings. The van der Waals surface area contributed by atoms with Crippen LogP contribution < -0.4 is 16.2 Å². The first-order chi connectivity index (χ1) is 22.7. The number of carboxylic acid groups (broad SMARTS) is 1. The quantitative estimate of drug-likeness (QED) is 0.0382. The predicted octanol–water partition coefficient (Wildman–Crippen LogP) is 1.04. The normalized spacial score (nSPS) is 17.0. The lowest BCUT2D eigenvalue weighted by atomic mass is 9.74. The van der Waals surface area contributed by atoms with Crippen molar-refractivity contribution in [2.75, 3.05) is 18.9 Å². The summed E-state index contributed by atoms with van der Waals surface area (Å²) in [5, 5.41) is 15.4. The van der Waals surface area contributed by atoms with Crippen molar-refractivity contribution in [3.63, 3.8) is 0 Å². The van der Waals surface area contributed by atoms with Gasteiger partial charge in [0.05, 0.1) is 11.5 Å². The lowest BCUT2D eigenvalue weighted by molar-refractivity contribution is -0.228. The number of nitrogens with zero attached hydrogens (tertiary/aromatic N) is 6. The van der Waals surface area contributed by atoms with Gasteiger partial charge in [0.25, 0.3) is 12.0 Å². The van der Waals surface area contributed by atoms with E-state index in [0.717, 1.165) is 17.2 Å². The number of amidine groups is 1. The van der Waals surface area contributed by atoms with Crippen LogP contribution in [0.2, 0.25) is 0 Å². The van der Waals surface area contributed by atoms with Crippen LogP contribution in [0.3, 0.4) is 0 Å². The van der Waals surface area contributed by atoms with Crippen molar-refractivity contribution >= 4 is 56.1 Å². The zero-order valence-electron chi connectivity index (χ0n) is 25.6. The molecule has 3 heterocycles. The van der Waals surface area contributed by atoms with E-state index in [2.05, 4.69) is 29.4 Å². The number of hydrogen-bond donors (Lipinski definition) is 4. The van der Waals surface area contributed by atoms with Gasteiger partial charge >= 0.3 is 16.4 Å². The van der Waals surface area contributed by atoms with Crippen LogP contribution in [0, 0.1) is 5.92 Å². The number of ketones is 1. The molecular weight excluding hydrogens is 672 g/mol. The van der Waals surface area contributed by atoms with Crippen molar-refractivity contribution in [2.45, 2.75) is 44.8 Å². The fraction of sp³-hybridized carbons (Fsp3) is 0.357. The van der Waals surface area contributed by atoms with Crippen molar-refractivity contribution in [1.29, 1.82) is 0 Å². The Hall–Kier alpha value is -5.05. The zero-order valence-corrected chi connectivity index (χ0v) is 27.3. The SMILES string of the molecule is CC1(C)C(CC(=O)/C(=N\O[C@@H](COc2ccc(C(N)=NCCCc3ncccn3)cc2)C(=O)O)c2csc(N)n2)C(=O)N1OS(=O)(=O)O. The number of anilines is 1. The number of Topliss-reactive ketones (excluding diaryl/α,β-unsaturated/α-hetero) is 1. The average Bonchev–Trinajstić information content (AvgIpc) is 3.47. The number of benzene rings is 1. The highest BCUT2D eigenvalue weighted by molar-refractivity contribution is 7.80. The Kier molecular flexibility index (Phi) is 11.4. The van der Waals surface area contributed by atoms with Crippen LogP contribution in [-0.4, -0.2) is 92.1 Å². The third kappa shape index (κ3) is 9.27. The Morgan fingerprint density at radius 1 is 1.19 bits per heavy atom. The first-order valence-electron chi connectivity index (χ1n) is 14.2. The van der Waals surface area contributed by atoms with Crippen LogP contribution in [0.5, 0.6) is 5.75 Å². The van der Waals surface area contributed by atoms with Gasteiger partial charge in [-0.15, -0.1) is 15.6 Å². The van der Waals surface area contributed by atoms with Gasteiger partial charge in [-0.05, 0) is 50.6 Å². The summed E-state index contributed by atoms with van der Waals surface area (Å²) in [6.07, 6.45) is 2.52. The number of aromatic nitrogens is 3. The fourth-order valence-electron chi connectivity index (χ4n) is 4.43. The molecule has 6 N–H and O–H groups in total. The number of hydrogen-bond acceptors (Lipinski definition) is 15. The number of rotatable bonds is 17. The number of carbonyl (C=O) groups is 3. The van der Waals surface area contributed by atoms with E-state index in [0.29, 0.717) is 35.8 Å². The van der Waals surface area contributed by atoms with Crippen molar-refractivity contribution in [1.82, 2.24) is 20.0 Å². The number of aliphatic imine (C=N–C) groups is 1. The minimum absolute atomic E-state index is 0.0357. The van der Waals surface area contributed by atoms with Gasteiger partial charge in [-0.2, -0.15) is 13.5 Å². The number of nitrogen functional groups attached to an aromatic ring is 1. The summed E-state index contributed by atoms with van der Waals surface area (Å²) in [5.74, 6) is -2.90. The highest BCUT2D eigenvalue weighted by atomic mass is 32.3. The number of β-lactam (4-membered cyclic amide) rings is 1. The summed E-state index contributed by atoms with van der Waals surface area (Å²) in [6, 6.07) is 8.18. The van der Waals surface area contributed by atoms with Gasteiger partial charge in [0, 0.05) is 42.7 Å². The Balaban J connectivity index is 1.38. The van der Waals surface area contributed by atoms with E-state index in [9.17, 15) is 27.9 Å². The number of ether oxygens (including phenoxy) is 1. The molecule has 1 amide bonds. The minimum Gasteiger partial charge on any atom is -0.489 e. The fourth-order valence-corrected chi connectivity index (χ4v) is 5.43. The van der Waals surface area contributed by atoms with Gasteiger partial charge in [-0.3, -0.25) is 19.1 Å². The maximum atomic E-state index is 13.3. The van der Waals surface area contributed by atoms with Crippen LogP contribution in [-0.2, 0) is 40.3 Å². The van der Waals surface area contributed by atoms with Gasteiger partial charge in [-0.25, -0.2) is 19.7 Å². The highest BCUT2D eigenvalue weighted by Gasteiger charge is 2.57. The summed E-state index contributed by atoms with van der Waals surface area (Å²) >= 11 is 0.976. The molecule has 48 heavy (non-hydrogen) atoms. The molecule has 3 aromatic rings. The maximum absolute atomic E-state index is 13.3. The van der Waals surface area contributed by atoms with E-state index in [1.54, 1.807) is 42.7 Å². The van der Waals surface area contributed by atoms with E-state index in [4.69, 9.17) is 25.6 Å². The first-order valence-corrected chi connectivity index (χ1v) is 16.4. The number of thiazole rings is 1. The van der Waals surface area contributed by atoms with E-state index in [-0.39, 0.29) is 16.6 Å². The van der Waals surface area contributed by atoms with Crippen LogP contribution in [0.15, 0.2) is 58.3 Å². The number of aliphatic carboxylic acids is 1. The first kappa shape index (κ1) is 35.8. The second kappa shape index (κ2) is 15.2. The average molecular weight is 705 g/mol. The molecule has 0 aliphatic carbocycles. The second-order valence-corrected chi connectivity index (χ2v) is 12.7. The molecule has 0 spiro atoms. The molecular formula is C28H32N8O10S2. The highest BCUT2D eigenvalue weighted by Crippen LogP contribution is 2.40. The van der Waals surface area contributed by atoms with Crippen LogP contribution in [0.1, 0.15) is 43.8 Å². The topological polar surface area (TPSA) is 272 Å². The molecule has 20 heteroatoms. The van der Waals surface area contributed by atoms with Gasteiger partial charge in [0.2, 0.25) is 0 Å². The minimum atomic E-state index is -5.00. The molecule has 2 atom stereocenters. The van der Waals surface area contributed by atoms with Crippen LogP contribution in [0.4, 0.5) is 5.13 Å². The molecule has 18 nitrogen and oxygen atoms in total. The van der Waals surface area contributed by atoms with Crippen LogP contribution >= 0.6 is 11.3 Å². The molecule has 0 saturated carbocycles. The lowest BCUT2D eigenvalue weighted by Gasteiger charge is -2.50. The lowest BCUT2D eigenvalue weighted by Crippen LogP contribution is -2.68. The molecule has 2 aromatic heterocycles. The summed E-state index contributed by atoms with van der Waals surface area (Å²) in [5.41, 5.74) is 10.6. The number of amides is 1. The van der Waals surface area contributed by atoms with Gasteiger partial charge < -0.3 is 26.1 Å². The van der Waals surface area contributed by atoms with Crippen LogP contribution in [0.25, 0.3) is 0 Å². The van der Waals surface area contributed by atoms with Gasteiger partial charge in [-0.1, -0.05) is 5.16 Å². The number of oxime groups is 1. The number of carbonyl (C=O) groups excluding carboxylic acids is 2. The Labute approximate surface area is 278 Å². The molecule has 1 aliphatic heterocycles. The van der Waals surface area contributed by atoms with E-state index >= 15 is 0 Å². The summed E-state index contributed by atoms with van der Waals surface area (Å²) in [7, 11) is -5.00. The Morgan fingerprint density at radius 2 is 1.88 bits per heavy atom. The monoisotopic (exact) mass is 704 g/mol. The Bertz CT molecular complexity index is 1800. The molecule has 1 saturated heterocycles. The van der Waals surface area contributed by atoms with Crippen molar-refractivity contribution < 1.29 is 46.3 Å². The van der Waals surface area contributed by atoms with E-state index < -0.39 is 64.4 Å². The molecule has 1 unspecified atom stereocenters. The smallest absolute Gasteiger partial charge is 0.418 e. The number of carboxylic acids is 1.